The van der Waals surface area contributed by atoms with Crippen molar-refractivity contribution in [3.63, 3.8) is 0 Å². The van der Waals surface area contributed by atoms with Crippen LogP contribution in [0.4, 0.5) is 0 Å². The minimum atomic E-state index is -0.180. The third-order valence-electron chi connectivity index (χ3n) is 3.81. The largest absolute Gasteiger partial charge is 0.507 e. The van der Waals surface area contributed by atoms with Crippen LogP contribution in [0.5, 0.6) is 11.5 Å². The van der Waals surface area contributed by atoms with E-state index in [9.17, 15) is 15.0 Å². The van der Waals surface area contributed by atoms with E-state index in [1.807, 2.05) is 32.0 Å². The van der Waals surface area contributed by atoms with Gasteiger partial charge in [0.1, 0.15) is 11.5 Å². The Labute approximate surface area is 136 Å². The molecule has 0 radical (unpaired) electrons. The van der Waals surface area contributed by atoms with E-state index >= 15 is 0 Å². The van der Waals surface area contributed by atoms with Crippen LogP contribution in [0.25, 0.3) is 0 Å². The van der Waals surface area contributed by atoms with Crippen molar-refractivity contribution in [2.45, 2.75) is 33.8 Å². The molecule has 0 fully saturated rings. The number of phenols is 2. The zero-order valence-corrected chi connectivity index (χ0v) is 13.9. The maximum atomic E-state index is 11.7. The normalized spacial score (nSPS) is 10.8. The fourth-order valence-electron chi connectivity index (χ4n) is 2.80. The molecule has 2 aromatic carbocycles. The van der Waals surface area contributed by atoms with Gasteiger partial charge in [0.05, 0.1) is 12.2 Å². The molecule has 0 aliphatic rings. The quantitative estimate of drug-likeness (QED) is 0.827. The maximum absolute atomic E-state index is 11.7. The molecule has 0 amide bonds. The molecule has 4 nitrogen and oxygen atoms in total. The summed E-state index contributed by atoms with van der Waals surface area (Å²) in [4.78, 5) is 11.7. The molecule has 0 heterocycles. The lowest BCUT2D eigenvalue weighted by molar-refractivity contribution is 0.101. The highest BCUT2D eigenvalue weighted by molar-refractivity contribution is 5.97. The van der Waals surface area contributed by atoms with Crippen LogP contribution in [0.2, 0.25) is 0 Å². The number of carbonyl (C=O) groups excluding carboxylic acids is 1. The van der Waals surface area contributed by atoms with Crippen molar-refractivity contribution in [1.29, 1.82) is 0 Å². The number of carbonyl (C=O) groups is 1. The topological polar surface area (TPSA) is 66.8 Å². The van der Waals surface area contributed by atoms with Crippen molar-refractivity contribution in [3.8, 4) is 11.5 Å². The summed E-state index contributed by atoms with van der Waals surface area (Å²) in [6.07, 6.45) is 0.345. The van der Waals surface area contributed by atoms with Crippen molar-refractivity contribution >= 4 is 5.78 Å². The van der Waals surface area contributed by atoms with Gasteiger partial charge < -0.3 is 14.9 Å². The zero-order chi connectivity index (χ0) is 17.1. The first-order valence-corrected chi connectivity index (χ1v) is 7.47. The molecule has 0 atom stereocenters. The Morgan fingerprint density at radius 1 is 0.957 bits per heavy atom. The average Bonchev–Trinajstić information content (AvgIpc) is 2.47. The lowest BCUT2D eigenvalue weighted by Crippen LogP contribution is -2.00. The van der Waals surface area contributed by atoms with Crippen molar-refractivity contribution in [3.05, 3.63) is 57.6 Å². The molecule has 0 aliphatic heterocycles. The summed E-state index contributed by atoms with van der Waals surface area (Å²) in [5, 5.41) is 20.8. The summed E-state index contributed by atoms with van der Waals surface area (Å²) >= 11 is 0. The SMILES string of the molecule is COCc1cc(C)cc(Cc2cc(C)cc(C(C)=O)c2O)c1O. The molecule has 0 unspecified atom stereocenters. The van der Waals surface area contributed by atoms with Crippen LogP contribution >= 0.6 is 0 Å². The van der Waals surface area contributed by atoms with Gasteiger partial charge in [-0.1, -0.05) is 23.8 Å². The monoisotopic (exact) mass is 314 g/mol. The Hall–Kier alpha value is -2.33. The Morgan fingerprint density at radius 2 is 1.48 bits per heavy atom. The van der Waals surface area contributed by atoms with Gasteiger partial charge in [0.2, 0.25) is 0 Å². The van der Waals surface area contributed by atoms with Gasteiger partial charge in [-0.2, -0.15) is 0 Å². The summed E-state index contributed by atoms with van der Waals surface area (Å²) in [6, 6.07) is 7.26. The number of Topliss-reactive ketones (excluding diaryl/α,β-unsaturated/α-hetero) is 1. The number of aromatic hydroxyl groups is 2. The van der Waals surface area contributed by atoms with Crippen molar-refractivity contribution < 1.29 is 19.7 Å². The van der Waals surface area contributed by atoms with Crippen molar-refractivity contribution in [2.24, 2.45) is 0 Å². The van der Waals surface area contributed by atoms with Gasteiger partial charge >= 0.3 is 0 Å². The molecule has 122 valence electrons. The second-order valence-electron chi connectivity index (χ2n) is 5.92. The van der Waals surface area contributed by atoms with Gasteiger partial charge in [-0.05, 0) is 43.5 Å². The van der Waals surface area contributed by atoms with E-state index < -0.39 is 0 Å². The van der Waals surface area contributed by atoms with E-state index in [0.717, 1.165) is 11.1 Å². The molecule has 2 rings (SSSR count). The number of hydrogen-bond acceptors (Lipinski definition) is 4. The first kappa shape index (κ1) is 17.0. The maximum Gasteiger partial charge on any atom is 0.163 e. The smallest absolute Gasteiger partial charge is 0.163 e. The number of phenolic OH excluding ortho intramolecular Hbond substituents is 2. The zero-order valence-electron chi connectivity index (χ0n) is 13.9. The summed E-state index contributed by atoms with van der Waals surface area (Å²) in [6.45, 7) is 5.57. The van der Waals surface area contributed by atoms with Crippen LogP contribution in [-0.4, -0.2) is 23.1 Å². The minimum absolute atomic E-state index is 0.0164. The third-order valence-corrected chi connectivity index (χ3v) is 3.81. The highest BCUT2D eigenvalue weighted by atomic mass is 16.5. The Morgan fingerprint density at radius 3 is 2.04 bits per heavy atom. The van der Waals surface area contributed by atoms with Gasteiger partial charge in [-0.3, -0.25) is 4.79 Å². The fourth-order valence-corrected chi connectivity index (χ4v) is 2.80. The predicted molar refractivity (Wildman–Crippen MR) is 89.2 cm³/mol. The Bertz CT molecular complexity index is 748. The highest BCUT2D eigenvalue weighted by Crippen LogP contribution is 2.32. The molecule has 0 saturated carbocycles. The average molecular weight is 314 g/mol. The molecule has 0 spiro atoms. The van der Waals surface area contributed by atoms with E-state index in [0.29, 0.717) is 35.3 Å². The molecule has 2 aromatic rings. The van der Waals surface area contributed by atoms with E-state index in [4.69, 9.17) is 4.74 Å². The number of ether oxygens (including phenoxy) is 1. The van der Waals surface area contributed by atoms with Crippen LogP contribution in [-0.2, 0) is 17.8 Å². The van der Waals surface area contributed by atoms with E-state index in [1.165, 1.54) is 6.92 Å². The van der Waals surface area contributed by atoms with E-state index in [2.05, 4.69) is 0 Å². The van der Waals surface area contributed by atoms with Crippen LogP contribution in [0.3, 0.4) is 0 Å². The van der Waals surface area contributed by atoms with Crippen LogP contribution in [0.15, 0.2) is 24.3 Å². The predicted octanol–water partition coefficient (Wildman–Crippen LogP) is 3.65. The fraction of sp³-hybridized carbons (Fsp3) is 0.316. The summed E-state index contributed by atoms with van der Waals surface area (Å²) in [5.41, 5.74) is 4.24. The van der Waals surface area contributed by atoms with Gasteiger partial charge in [-0.25, -0.2) is 0 Å². The van der Waals surface area contributed by atoms with Gasteiger partial charge in [0, 0.05) is 19.1 Å². The molecule has 0 aromatic heterocycles. The molecule has 0 aliphatic carbocycles. The Kier molecular flexibility index (Phi) is 5.06. The standard InChI is InChI=1S/C19H22O4/c1-11-5-14(18(21)16(7-11)10-23-4)9-15-6-12(2)8-17(13(3)20)19(15)22/h5-8,21-22H,9-10H2,1-4H3. The van der Waals surface area contributed by atoms with Crippen molar-refractivity contribution in [2.75, 3.05) is 7.11 Å². The summed E-state index contributed by atoms with van der Waals surface area (Å²) < 4.78 is 5.11. The van der Waals surface area contributed by atoms with Gasteiger partial charge in [-0.15, -0.1) is 0 Å². The van der Waals surface area contributed by atoms with Gasteiger partial charge in [0.25, 0.3) is 0 Å². The van der Waals surface area contributed by atoms with Crippen LogP contribution < -0.4 is 0 Å². The lowest BCUT2D eigenvalue weighted by atomic mass is 9.95. The second kappa shape index (κ2) is 6.84. The Balaban J connectivity index is 2.49. The number of hydrogen-bond donors (Lipinski definition) is 2. The molecule has 2 N–H and O–H groups in total. The summed E-state index contributed by atoms with van der Waals surface area (Å²) in [5.74, 6) is -0.0268. The van der Waals surface area contributed by atoms with Crippen molar-refractivity contribution in [1.82, 2.24) is 0 Å². The third kappa shape index (κ3) is 3.71. The lowest BCUT2D eigenvalue weighted by Gasteiger charge is -2.14. The number of benzene rings is 2. The summed E-state index contributed by atoms with van der Waals surface area (Å²) in [7, 11) is 1.58. The molecule has 4 heteroatoms. The number of rotatable bonds is 5. The first-order valence-electron chi connectivity index (χ1n) is 7.47. The van der Waals surface area contributed by atoms with Crippen LogP contribution in [0, 0.1) is 13.8 Å². The number of ketones is 1. The molecule has 0 bridgehead atoms. The second-order valence-corrected chi connectivity index (χ2v) is 5.92. The number of methoxy groups -OCH3 is 1. The molecule has 23 heavy (non-hydrogen) atoms. The number of aryl methyl sites for hydroxylation is 2. The molecular weight excluding hydrogens is 292 g/mol. The van der Waals surface area contributed by atoms with Gasteiger partial charge in [0.15, 0.2) is 5.78 Å². The molecular formula is C19H22O4. The highest BCUT2D eigenvalue weighted by Gasteiger charge is 2.15. The minimum Gasteiger partial charge on any atom is -0.507 e. The first-order chi connectivity index (χ1) is 10.8. The van der Waals surface area contributed by atoms with Crippen LogP contribution in [0.1, 0.15) is 45.1 Å². The van der Waals surface area contributed by atoms with E-state index in [-0.39, 0.29) is 17.3 Å². The van der Waals surface area contributed by atoms with E-state index in [1.54, 1.807) is 13.2 Å². The molecule has 0 saturated heterocycles.